The maximum Gasteiger partial charge on any atom is 0.422 e. The van der Waals surface area contributed by atoms with Crippen molar-refractivity contribution in [2.75, 3.05) is 6.61 Å². The zero-order valence-corrected chi connectivity index (χ0v) is 6.00. The summed E-state index contributed by atoms with van der Waals surface area (Å²) in [7, 11) is 0. The summed E-state index contributed by atoms with van der Waals surface area (Å²) in [4.78, 5) is 12.4. The molecular weight excluding hydrogens is 191 g/mol. The first-order valence-electron chi connectivity index (χ1n) is 2.74. The van der Waals surface area contributed by atoms with E-state index in [4.69, 9.17) is 5.53 Å². The topological polar surface area (TPSA) is 75.1 Å². The lowest BCUT2D eigenvalue weighted by Crippen LogP contribution is -2.19. The van der Waals surface area contributed by atoms with Crippen LogP contribution < -0.4 is 0 Å². The van der Waals surface area contributed by atoms with E-state index in [-0.39, 0.29) is 0 Å². The minimum atomic E-state index is -4.59. The highest BCUT2D eigenvalue weighted by Crippen LogP contribution is 2.14. The van der Waals surface area contributed by atoms with E-state index in [1.807, 2.05) is 0 Å². The van der Waals surface area contributed by atoms with Crippen molar-refractivity contribution in [1.29, 1.82) is 0 Å². The molecule has 0 aromatic rings. The Balaban J connectivity index is 3.92. The van der Waals surface area contributed by atoms with Gasteiger partial charge in [0.05, 0.1) is 0 Å². The van der Waals surface area contributed by atoms with E-state index >= 15 is 0 Å². The van der Waals surface area contributed by atoms with Gasteiger partial charge in [-0.15, -0.1) is 0 Å². The number of carbonyl (C=O) groups excluding carboxylic acids is 1. The molecule has 0 bridgehead atoms. The van der Waals surface area contributed by atoms with Crippen LogP contribution in [0.4, 0.5) is 13.2 Å². The smallest absolute Gasteiger partial charge is 0.422 e. The summed E-state index contributed by atoms with van der Waals surface area (Å²) in [5.74, 6) is 0.126. The highest BCUT2D eigenvalue weighted by atomic mass is 19.4. The molecule has 0 aliphatic carbocycles. The fourth-order valence-electron chi connectivity index (χ4n) is 0.276. The SMILES string of the molecule is [N-]=[N+]=NC#CC(=O)OCC(F)(F)F. The van der Waals surface area contributed by atoms with Gasteiger partial charge in [-0.25, -0.2) is 4.79 Å². The van der Waals surface area contributed by atoms with Crippen LogP contribution in [0.3, 0.4) is 0 Å². The molecule has 0 spiro atoms. The van der Waals surface area contributed by atoms with Crippen LogP contribution >= 0.6 is 0 Å². The molecule has 0 atom stereocenters. The Morgan fingerprint density at radius 3 is 2.69 bits per heavy atom. The maximum atomic E-state index is 11.4. The first-order chi connectivity index (χ1) is 5.95. The summed E-state index contributed by atoms with van der Waals surface area (Å²) >= 11 is 0. The number of hydrogen-bond acceptors (Lipinski definition) is 3. The van der Waals surface area contributed by atoms with Gasteiger partial charge in [0.1, 0.15) is 0 Å². The van der Waals surface area contributed by atoms with Gasteiger partial charge in [0.15, 0.2) is 6.61 Å². The summed E-state index contributed by atoms with van der Waals surface area (Å²) in [6, 6.07) is 1.59. The van der Waals surface area contributed by atoms with E-state index < -0.39 is 18.8 Å². The van der Waals surface area contributed by atoms with E-state index in [2.05, 4.69) is 14.8 Å². The minimum absolute atomic E-state index is 1.40. The Morgan fingerprint density at radius 1 is 1.62 bits per heavy atom. The Bertz CT molecular complexity index is 294. The number of rotatable bonds is 1. The van der Waals surface area contributed by atoms with Crippen molar-refractivity contribution < 1.29 is 22.7 Å². The number of nitrogens with zero attached hydrogens (tertiary/aromatic N) is 3. The second-order valence-corrected chi connectivity index (χ2v) is 1.62. The Morgan fingerprint density at radius 2 is 2.23 bits per heavy atom. The molecule has 0 radical (unpaired) electrons. The number of alkyl halides is 3. The lowest BCUT2D eigenvalue weighted by molar-refractivity contribution is -0.182. The quantitative estimate of drug-likeness (QED) is 0.207. The number of esters is 1. The van der Waals surface area contributed by atoms with Gasteiger partial charge < -0.3 is 4.74 Å². The standard InChI is InChI=1S/C5H2F3N3O2/c6-5(7,8)3-13-4(12)1-2-10-11-9/h3H2. The normalized spacial score (nSPS) is 9.15. The molecule has 0 rings (SSSR count). The fraction of sp³-hybridized carbons (Fsp3) is 0.400. The largest absolute Gasteiger partial charge is 0.446 e. The van der Waals surface area contributed by atoms with Gasteiger partial charge in [-0.05, 0) is 10.6 Å². The molecule has 0 unspecified atom stereocenters. The number of ether oxygens (including phenoxy) is 1. The predicted molar refractivity (Wildman–Crippen MR) is 33.9 cm³/mol. The molecule has 0 saturated carbocycles. The number of hydrogen-bond donors (Lipinski definition) is 0. The predicted octanol–water partition coefficient (Wildman–Crippen LogP) is 1.36. The van der Waals surface area contributed by atoms with Gasteiger partial charge in [-0.3, -0.25) is 0 Å². The Labute approximate surface area is 70.1 Å². The van der Waals surface area contributed by atoms with Crippen LogP contribution in [0.5, 0.6) is 0 Å². The number of halogens is 3. The molecule has 8 heteroatoms. The van der Waals surface area contributed by atoms with Crippen molar-refractivity contribution in [2.24, 2.45) is 5.11 Å². The first-order valence-corrected chi connectivity index (χ1v) is 2.74. The van der Waals surface area contributed by atoms with Crippen LogP contribution in [0.2, 0.25) is 0 Å². The summed E-state index contributed by atoms with van der Waals surface area (Å²) in [6.07, 6.45) is -4.59. The van der Waals surface area contributed by atoms with Crippen LogP contribution in [-0.2, 0) is 9.53 Å². The van der Waals surface area contributed by atoms with Crippen LogP contribution in [0.15, 0.2) is 5.11 Å². The summed E-state index contributed by atoms with van der Waals surface area (Å²) in [5.41, 5.74) is 7.66. The minimum Gasteiger partial charge on any atom is -0.446 e. The molecule has 0 saturated heterocycles. The van der Waals surface area contributed by atoms with Gasteiger partial charge in [-0.2, -0.15) is 13.2 Å². The molecule has 70 valence electrons. The molecule has 0 aromatic heterocycles. The highest BCUT2D eigenvalue weighted by molar-refractivity contribution is 5.88. The Hall–Kier alpha value is -1.87. The van der Waals surface area contributed by atoms with Crippen molar-refractivity contribution >= 4 is 5.97 Å². The third-order valence-corrected chi connectivity index (χ3v) is 0.620. The third-order valence-electron chi connectivity index (χ3n) is 0.620. The van der Waals surface area contributed by atoms with Crippen LogP contribution in [0, 0.1) is 12.0 Å². The van der Waals surface area contributed by atoms with Crippen molar-refractivity contribution in [3.8, 4) is 12.0 Å². The van der Waals surface area contributed by atoms with Gasteiger partial charge >= 0.3 is 12.1 Å². The molecule has 13 heavy (non-hydrogen) atoms. The average Bonchev–Trinajstić information content (AvgIpc) is 2.00. The Kier molecular flexibility index (Phi) is 4.19. The maximum absolute atomic E-state index is 11.4. The number of carbonyl (C=O) groups is 1. The molecule has 0 aromatic carbocycles. The van der Waals surface area contributed by atoms with E-state index in [0.29, 0.717) is 0 Å². The summed E-state index contributed by atoms with van der Waals surface area (Å²) in [6.45, 7) is -1.71. The number of azide groups is 1. The molecule has 0 heterocycles. The summed E-state index contributed by atoms with van der Waals surface area (Å²) in [5, 5.41) is 2.59. The van der Waals surface area contributed by atoms with Crippen LogP contribution in [0.25, 0.3) is 10.4 Å². The van der Waals surface area contributed by atoms with Crippen LogP contribution in [-0.4, -0.2) is 18.8 Å². The average molecular weight is 193 g/mol. The molecule has 0 aliphatic rings. The molecule has 0 aliphatic heterocycles. The van der Waals surface area contributed by atoms with Crippen molar-refractivity contribution in [1.82, 2.24) is 0 Å². The third kappa shape index (κ3) is 8.03. The fourth-order valence-corrected chi connectivity index (χ4v) is 0.276. The van der Waals surface area contributed by atoms with E-state index in [1.54, 1.807) is 6.04 Å². The van der Waals surface area contributed by atoms with Crippen molar-refractivity contribution in [3.63, 3.8) is 0 Å². The highest BCUT2D eigenvalue weighted by Gasteiger charge is 2.29. The van der Waals surface area contributed by atoms with E-state index in [0.717, 1.165) is 0 Å². The second kappa shape index (κ2) is 4.90. The molecule has 0 amide bonds. The monoisotopic (exact) mass is 193 g/mol. The zero-order valence-electron chi connectivity index (χ0n) is 6.00. The van der Waals surface area contributed by atoms with Crippen LogP contribution in [0.1, 0.15) is 0 Å². The van der Waals surface area contributed by atoms with E-state index in [1.165, 1.54) is 5.92 Å². The second-order valence-electron chi connectivity index (χ2n) is 1.62. The summed E-state index contributed by atoms with van der Waals surface area (Å²) < 4.78 is 37.8. The van der Waals surface area contributed by atoms with Crippen molar-refractivity contribution in [2.45, 2.75) is 6.18 Å². The molecule has 0 fully saturated rings. The molecule has 5 nitrogen and oxygen atoms in total. The molecular formula is C5H2F3N3O2. The van der Waals surface area contributed by atoms with Crippen molar-refractivity contribution in [3.05, 3.63) is 10.4 Å². The van der Waals surface area contributed by atoms with E-state index in [9.17, 15) is 18.0 Å². The first kappa shape index (κ1) is 11.1. The lowest BCUT2D eigenvalue weighted by Gasteiger charge is -2.03. The molecule has 0 N–H and O–H groups in total. The lowest BCUT2D eigenvalue weighted by atomic mass is 10.6. The van der Waals surface area contributed by atoms with Gasteiger partial charge in [0.2, 0.25) is 0 Å². The van der Waals surface area contributed by atoms with Gasteiger partial charge in [0.25, 0.3) is 0 Å². The van der Waals surface area contributed by atoms with Gasteiger partial charge in [-0.1, -0.05) is 0 Å². The van der Waals surface area contributed by atoms with Gasteiger partial charge in [0, 0.05) is 16.9 Å². The zero-order chi connectivity index (χ0) is 10.3.